The van der Waals surface area contributed by atoms with Crippen molar-refractivity contribution in [3.8, 4) is 5.69 Å². The zero-order chi connectivity index (χ0) is 35.1. The summed E-state index contributed by atoms with van der Waals surface area (Å²) in [4.78, 5) is 0. The average Bonchev–Trinajstić information content (AvgIpc) is 3.76. The van der Waals surface area contributed by atoms with Crippen LogP contribution in [0.3, 0.4) is 0 Å². The summed E-state index contributed by atoms with van der Waals surface area (Å²) in [6.45, 7) is 16.6. The molecule has 2 aliphatic rings. The fourth-order valence-electron chi connectivity index (χ4n) is 6.90. The average molecular weight is 663 g/mol. The maximum Gasteiger partial charge on any atom is 0.498 e. The number of rotatable bonds is 3. The van der Waals surface area contributed by atoms with Gasteiger partial charge in [0.15, 0.2) is 0 Å². The lowest BCUT2D eigenvalue weighted by Crippen LogP contribution is -2.41. The maximum absolute atomic E-state index is 6.27. The normalized spacial score (nSPS) is 19.0. The van der Waals surface area contributed by atoms with Gasteiger partial charge in [-0.25, -0.2) is 0 Å². The molecule has 50 heavy (non-hydrogen) atoms. The zero-order valence-electron chi connectivity index (χ0n) is 30.1. The fourth-order valence-corrected chi connectivity index (χ4v) is 6.90. The Morgan fingerprint density at radius 3 is 1.68 bits per heavy atom. The van der Waals surface area contributed by atoms with Crippen LogP contribution >= 0.6 is 0 Å². The van der Waals surface area contributed by atoms with Crippen LogP contribution in [-0.4, -0.2) is 41.2 Å². The van der Waals surface area contributed by atoms with Crippen molar-refractivity contribution in [3.05, 3.63) is 115 Å². The van der Waals surface area contributed by atoms with Crippen molar-refractivity contribution in [3.63, 3.8) is 0 Å². The molecule has 0 amide bonds. The Morgan fingerprint density at radius 2 is 1.00 bits per heavy atom. The van der Waals surface area contributed by atoms with Gasteiger partial charge >= 0.3 is 14.2 Å². The van der Waals surface area contributed by atoms with Crippen molar-refractivity contribution in [2.45, 2.75) is 77.8 Å². The van der Waals surface area contributed by atoms with Gasteiger partial charge in [-0.05, 0) is 91.2 Å². The molecule has 0 N–H and O–H groups in total. The largest absolute Gasteiger partial charge is 0.498 e. The lowest BCUT2D eigenvalue weighted by atomic mass is 9.78. The van der Waals surface area contributed by atoms with E-state index in [-0.39, 0.29) is 29.5 Å². The highest BCUT2D eigenvalue weighted by molar-refractivity contribution is 6.65. The lowest BCUT2D eigenvalue weighted by molar-refractivity contribution is 0.00578. The van der Waals surface area contributed by atoms with Gasteiger partial charge in [0.1, 0.15) is 11.2 Å². The van der Waals surface area contributed by atoms with E-state index in [4.69, 9.17) is 23.0 Å². The Balaban J connectivity index is 0.000000149. The van der Waals surface area contributed by atoms with Gasteiger partial charge in [-0.2, -0.15) is 0 Å². The first-order valence-corrected chi connectivity index (χ1v) is 17.5. The monoisotopic (exact) mass is 663 g/mol. The van der Waals surface area contributed by atoms with Crippen molar-refractivity contribution < 1.29 is 23.0 Å². The van der Waals surface area contributed by atoms with Gasteiger partial charge in [0.25, 0.3) is 0 Å². The first-order chi connectivity index (χ1) is 23.8. The third kappa shape index (κ3) is 5.28. The first kappa shape index (κ1) is 32.8. The summed E-state index contributed by atoms with van der Waals surface area (Å²) in [6.07, 6.45) is 0. The van der Waals surface area contributed by atoms with Crippen molar-refractivity contribution in [2.75, 3.05) is 0 Å². The smallest absolute Gasteiger partial charge is 0.456 e. The molecule has 8 heteroatoms. The summed E-state index contributed by atoms with van der Waals surface area (Å²) in [5.41, 5.74) is 5.91. The molecule has 0 atom stereocenters. The number of hydrogen-bond donors (Lipinski definition) is 0. The SMILES string of the molecule is CC1(C)OB(c2ccc3c(c2)c2ccccc2n3-c2ccccc2)OC1(C)C.CC1(C)OB(c2cccc3c2oc2ccccc23)OC1(C)C. The van der Waals surface area contributed by atoms with Gasteiger partial charge < -0.3 is 27.6 Å². The summed E-state index contributed by atoms with van der Waals surface area (Å²) in [7, 11) is -0.762. The number of para-hydroxylation sites is 4. The Hall–Kier alpha value is -4.33. The molecule has 0 radical (unpaired) electrons. The van der Waals surface area contributed by atoms with Gasteiger partial charge in [0.05, 0.1) is 33.4 Å². The summed E-state index contributed by atoms with van der Waals surface area (Å²) in [6, 6.07) is 39.8. The molecule has 0 aliphatic carbocycles. The summed E-state index contributed by atoms with van der Waals surface area (Å²) in [5, 5.41) is 4.67. The Labute approximate surface area is 294 Å². The molecule has 0 unspecified atom stereocenters. The number of fused-ring (bicyclic) bond motifs is 6. The number of furan rings is 1. The fraction of sp³-hybridized carbons (Fsp3) is 0.286. The van der Waals surface area contributed by atoms with Crippen molar-refractivity contribution in [1.82, 2.24) is 4.57 Å². The minimum absolute atomic E-state index is 0.343. The highest BCUT2D eigenvalue weighted by Crippen LogP contribution is 2.39. The third-order valence-corrected chi connectivity index (χ3v) is 11.2. The van der Waals surface area contributed by atoms with E-state index >= 15 is 0 Å². The third-order valence-electron chi connectivity index (χ3n) is 11.2. The summed E-state index contributed by atoms with van der Waals surface area (Å²) >= 11 is 0. The molecule has 252 valence electrons. The first-order valence-electron chi connectivity index (χ1n) is 17.5. The molecular weight excluding hydrogens is 620 g/mol. The molecule has 2 aromatic heterocycles. The van der Waals surface area contributed by atoms with Crippen molar-refractivity contribution >= 4 is 68.9 Å². The van der Waals surface area contributed by atoms with Crippen LogP contribution in [0.25, 0.3) is 49.4 Å². The van der Waals surface area contributed by atoms with Crippen LogP contribution in [0.2, 0.25) is 0 Å². The number of hydrogen-bond acceptors (Lipinski definition) is 5. The Kier molecular flexibility index (Phi) is 7.63. The van der Waals surface area contributed by atoms with Crippen molar-refractivity contribution in [2.24, 2.45) is 0 Å². The molecule has 0 saturated carbocycles. The molecule has 6 nitrogen and oxygen atoms in total. The van der Waals surface area contributed by atoms with E-state index in [0.29, 0.717) is 0 Å². The highest BCUT2D eigenvalue weighted by Gasteiger charge is 2.53. The topological polar surface area (TPSA) is 55.0 Å². The van der Waals surface area contributed by atoms with Crippen LogP contribution in [0, 0.1) is 0 Å². The van der Waals surface area contributed by atoms with E-state index in [1.807, 2.05) is 36.4 Å². The van der Waals surface area contributed by atoms with Gasteiger partial charge in [-0.3, -0.25) is 0 Å². The summed E-state index contributed by atoms with van der Waals surface area (Å²) in [5.74, 6) is 0. The van der Waals surface area contributed by atoms with Gasteiger partial charge in [0, 0.05) is 32.7 Å². The molecule has 7 aromatic rings. The van der Waals surface area contributed by atoms with E-state index in [9.17, 15) is 0 Å². The number of aromatic nitrogens is 1. The second-order valence-corrected chi connectivity index (χ2v) is 15.5. The van der Waals surface area contributed by atoms with Gasteiger partial charge in [-0.1, -0.05) is 84.9 Å². The minimum Gasteiger partial charge on any atom is -0.456 e. The van der Waals surface area contributed by atoms with Crippen LogP contribution in [0.5, 0.6) is 0 Å². The Bertz CT molecular complexity index is 2340. The minimum atomic E-state index is -0.408. The summed E-state index contributed by atoms with van der Waals surface area (Å²) < 4.78 is 33.3. The van der Waals surface area contributed by atoms with Gasteiger partial charge in [-0.15, -0.1) is 0 Å². The van der Waals surface area contributed by atoms with E-state index in [2.05, 4.69) is 139 Å². The predicted octanol–water partition coefficient (Wildman–Crippen LogP) is 8.97. The maximum atomic E-state index is 6.27. The zero-order valence-corrected chi connectivity index (χ0v) is 30.1. The van der Waals surface area contributed by atoms with E-state index in [1.54, 1.807) is 0 Å². The number of benzene rings is 5. The quantitative estimate of drug-likeness (QED) is 0.177. The standard InChI is InChI=1S/C24H24BNO2.C18H19BO3/c1-23(2)24(3,4)28-25(27-23)17-14-15-22-20(16-17)19-12-8-9-13-21(19)26(22)18-10-6-5-7-11-18;1-17(2)18(3,4)22-19(21-17)14-10-7-9-13-12-8-5-6-11-15(12)20-16(13)14/h5-16H,1-4H3;5-11H,1-4H3. The van der Waals surface area contributed by atoms with Crippen LogP contribution in [0.15, 0.2) is 120 Å². The molecule has 4 heterocycles. The number of nitrogens with zero attached hydrogens (tertiary/aromatic N) is 1. The van der Waals surface area contributed by atoms with E-state index in [1.165, 1.54) is 21.8 Å². The highest BCUT2D eigenvalue weighted by atomic mass is 16.7. The molecule has 0 bridgehead atoms. The molecule has 5 aromatic carbocycles. The molecule has 9 rings (SSSR count). The molecule has 2 saturated heterocycles. The second kappa shape index (κ2) is 11.6. The van der Waals surface area contributed by atoms with Crippen molar-refractivity contribution in [1.29, 1.82) is 0 Å². The molecule has 2 aliphatic heterocycles. The van der Waals surface area contributed by atoms with E-state index < -0.39 is 7.12 Å². The van der Waals surface area contributed by atoms with Crippen LogP contribution < -0.4 is 10.9 Å². The van der Waals surface area contributed by atoms with Crippen LogP contribution in [0.1, 0.15) is 55.4 Å². The molecule has 2 fully saturated rings. The lowest BCUT2D eigenvalue weighted by Gasteiger charge is -2.32. The van der Waals surface area contributed by atoms with Gasteiger partial charge in [0.2, 0.25) is 0 Å². The molecular formula is C42H43B2NO5. The predicted molar refractivity (Wildman–Crippen MR) is 206 cm³/mol. The molecule has 0 spiro atoms. The second-order valence-electron chi connectivity index (χ2n) is 15.5. The Morgan fingerprint density at radius 1 is 0.460 bits per heavy atom. The van der Waals surface area contributed by atoms with Crippen LogP contribution in [0.4, 0.5) is 0 Å². The van der Waals surface area contributed by atoms with E-state index in [0.717, 1.165) is 38.6 Å². The van der Waals surface area contributed by atoms with Crippen LogP contribution in [-0.2, 0) is 18.6 Å².